The molecule has 0 bridgehead atoms. The number of aliphatic hydroxyl groups excluding tert-OH is 1. The normalized spacial score (nSPS) is 35.3. The number of ether oxygens (including phenoxy) is 1. The Labute approximate surface area is 55.0 Å². The van der Waals surface area contributed by atoms with Gasteiger partial charge in [-0.05, 0) is 6.42 Å². The van der Waals surface area contributed by atoms with Crippen molar-refractivity contribution in [3.05, 3.63) is 0 Å². The van der Waals surface area contributed by atoms with E-state index in [2.05, 4.69) is 5.32 Å². The van der Waals surface area contributed by atoms with Crippen molar-refractivity contribution < 1.29 is 9.84 Å². The molecule has 9 heavy (non-hydrogen) atoms. The van der Waals surface area contributed by atoms with E-state index in [1.807, 2.05) is 0 Å². The molecule has 1 heterocycles. The third kappa shape index (κ3) is 1.93. The van der Waals surface area contributed by atoms with Gasteiger partial charge in [0.05, 0.1) is 12.7 Å². The highest BCUT2D eigenvalue weighted by atomic mass is 16.5. The van der Waals surface area contributed by atoms with Gasteiger partial charge in [-0.1, -0.05) is 0 Å². The lowest BCUT2D eigenvalue weighted by Crippen LogP contribution is -2.25. The van der Waals surface area contributed by atoms with E-state index in [9.17, 15) is 0 Å². The summed E-state index contributed by atoms with van der Waals surface area (Å²) in [5, 5.41) is 12.1. The predicted molar refractivity (Wildman–Crippen MR) is 34.3 cm³/mol. The minimum atomic E-state index is -0.162. The van der Waals surface area contributed by atoms with Crippen LogP contribution in [-0.2, 0) is 4.74 Å². The molecular weight excluding hydrogens is 118 g/mol. The van der Waals surface area contributed by atoms with Gasteiger partial charge < -0.3 is 15.2 Å². The molecule has 0 aromatic carbocycles. The third-order valence-corrected chi connectivity index (χ3v) is 1.57. The summed E-state index contributed by atoms with van der Waals surface area (Å²) < 4.78 is 4.90. The van der Waals surface area contributed by atoms with Crippen LogP contribution in [0.15, 0.2) is 0 Å². The van der Waals surface area contributed by atoms with Crippen LogP contribution in [0, 0.1) is 0 Å². The summed E-state index contributed by atoms with van der Waals surface area (Å²) in [5.74, 6) is 0. The van der Waals surface area contributed by atoms with Gasteiger partial charge in [-0.2, -0.15) is 0 Å². The highest BCUT2D eigenvalue weighted by Crippen LogP contribution is 2.05. The van der Waals surface area contributed by atoms with Gasteiger partial charge in [0, 0.05) is 19.7 Å². The van der Waals surface area contributed by atoms with Gasteiger partial charge in [-0.3, -0.25) is 0 Å². The quantitative estimate of drug-likeness (QED) is 0.523. The first-order valence-corrected chi connectivity index (χ1v) is 3.23. The van der Waals surface area contributed by atoms with E-state index >= 15 is 0 Å². The monoisotopic (exact) mass is 131 g/mol. The first-order valence-electron chi connectivity index (χ1n) is 3.23. The van der Waals surface area contributed by atoms with Gasteiger partial charge in [-0.15, -0.1) is 0 Å². The van der Waals surface area contributed by atoms with Crippen molar-refractivity contribution in [3.8, 4) is 0 Å². The smallest absolute Gasteiger partial charge is 0.0680 e. The van der Waals surface area contributed by atoms with Gasteiger partial charge in [-0.25, -0.2) is 0 Å². The molecule has 1 fully saturated rings. The SMILES string of the molecule is COCC1CC(O)CN1. The second-order valence-corrected chi connectivity index (χ2v) is 2.45. The largest absolute Gasteiger partial charge is 0.392 e. The molecule has 0 radical (unpaired) electrons. The predicted octanol–water partition coefficient (Wildman–Crippen LogP) is -0.644. The molecule has 1 aliphatic rings. The molecular formula is C6H13NO2. The van der Waals surface area contributed by atoms with E-state index in [0.29, 0.717) is 19.2 Å². The van der Waals surface area contributed by atoms with Crippen LogP contribution in [0.4, 0.5) is 0 Å². The van der Waals surface area contributed by atoms with Gasteiger partial charge in [0.1, 0.15) is 0 Å². The van der Waals surface area contributed by atoms with Crippen LogP contribution < -0.4 is 5.32 Å². The summed E-state index contributed by atoms with van der Waals surface area (Å²) in [6.07, 6.45) is 0.665. The molecule has 2 N–H and O–H groups in total. The molecule has 3 nitrogen and oxygen atoms in total. The minimum absolute atomic E-state index is 0.162. The fraction of sp³-hybridized carbons (Fsp3) is 1.00. The van der Waals surface area contributed by atoms with E-state index in [-0.39, 0.29) is 6.10 Å². The number of hydrogen-bond donors (Lipinski definition) is 2. The van der Waals surface area contributed by atoms with E-state index in [0.717, 1.165) is 6.42 Å². The van der Waals surface area contributed by atoms with Crippen LogP contribution in [0.1, 0.15) is 6.42 Å². The number of aliphatic hydroxyl groups is 1. The maximum atomic E-state index is 9.01. The molecule has 54 valence electrons. The Bertz CT molecular complexity index is 85.1. The Morgan fingerprint density at radius 3 is 3.00 bits per heavy atom. The van der Waals surface area contributed by atoms with Crippen LogP contribution in [0.25, 0.3) is 0 Å². The molecule has 0 aliphatic carbocycles. The lowest BCUT2D eigenvalue weighted by molar-refractivity contribution is 0.157. The van der Waals surface area contributed by atoms with Crippen LogP contribution in [0.2, 0.25) is 0 Å². The fourth-order valence-corrected chi connectivity index (χ4v) is 1.13. The van der Waals surface area contributed by atoms with E-state index in [1.54, 1.807) is 7.11 Å². The lowest BCUT2D eigenvalue weighted by Gasteiger charge is -2.06. The van der Waals surface area contributed by atoms with Crippen molar-refractivity contribution in [1.82, 2.24) is 5.32 Å². The molecule has 2 unspecified atom stereocenters. The van der Waals surface area contributed by atoms with Crippen LogP contribution in [0.5, 0.6) is 0 Å². The Hall–Kier alpha value is -0.120. The first-order chi connectivity index (χ1) is 4.33. The topological polar surface area (TPSA) is 41.5 Å². The van der Waals surface area contributed by atoms with Crippen molar-refractivity contribution in [2.75, 3.05) is 20.3 Å². The zero-order chi connectivity index (χ0) is 6.69. The summed E-state index contributed by atoms with van der Waals surface area (Å²) in [4.78, 5) is 0. The summed E-state index contributed by atoms with van der Waals surface area (Å²) in [5.41, 5.74) is 0. The molecule has 1 saturated heterocycles. The van der Waals surface area contributed by atoms with Crippen molar-refractivity contribution in [2.24, 2.45) is 0 Å². The van der Waals surface area contributed by atoms with Gasteiger partial charge in [0.25, 0.3) is 0 Å². The first kappa shape index (κ1) is 6.99. The molecule has 1 rings (SSSR count). The summed E-state index contributed by atoms with van der Waals surface area (Å²) in [7, 11) is 1.67. The maximum Gasteiger partial charge on any atom is 0.0680 e. The lowest BCUT2D eigenvalue weighted by atomic mass is 10.2. The highest BCUT2D eigenvalue weighted by Gasteiger charge is 2.20. The van der Waals surface area contributed by atoms with Gasteiger partial charge >= 0.3 is 0 Å². The number of hydrogen-bond acceptors (Lipinski definition) is 3. The maximum absolute atomic E-state index is 9.01. The highest BCUT2D eigenvalue weighted by molar-refractivity contribution is 4.80. The molecule has 0 saturated carbocycles. The van der Waals surface area contributed by atoms with E-state index < -0.39 is 0 Å². The van der Waals surface area contributed by atoms with Crippen molar-refractivity contribution in [2.45, 2.75) is 18.6 Å². The second-order valence-electron chi connectivity index (χ2n) is 2.45. The molecule has 0 aromatic heterocycles. The van der Waals surface area contributed by atoms with Crippen molar-refractivity contribution in [3.63, 3.8) is 0 Å². The van der Waals surface area contributed by atoms with Gasteiger partial charge in [0.2, 0.25) is 0 Å². The number of nitrogens with one attached hydrogen (secondary N) is 1. The summed E-state index contributed by atoms with van der Waals surface area (Å²) >= 11 is 0. The Morgan fingerprint density at radius 2 is 2.56 bits per heavy atom. The number of β-amino-alcohol motifs (C(OH)–C–C–N with tert-alkyl or cyclic N) is 1. The van der Waals surface area contributed by atoms with Crippen molar-refractivity contribution in [1.29, 1.82) is 0 Å². The minimum Gasteiger partial charge on any atom is -0.392 e. The van der Waals surface area contributed by atoms with E-state index in [1.165, 1.54) is 0 Å². The van der Waals surface area contributed by atoms with Crippen molar-refractivity contribution >= 4 is 0 Å². The molecule has 3 heteroatoms. The zero-order valence-electron chi connectivity index (χ0n) is 5.63. The Balaban J connectivity index is 2.14. The van der Waals surface area contributed by atoms with Crippen LogP contribution >= 0.6 is 0 Å². The fourth-order valence-electron chi connectivity index (χ4n) is 1.13. The zero-order valence-corrected chi connectivity index (χ0v) is 5.63. The second kappa shape index (κ2) is 3.15. The molecule has 0 aromatic rings. The Kier molecular flexibility index (Phi) is 2.45. The molecule has 1 aliphatic heterocycles. The molecule has 0 amide bonds. The van der Waals surface area contributed by atoms with Crippen LogP contribution in [0.3, 0.4) is 0 Å². The summed E-state index contributed by atoms with van der Waals surface area (Å²) in [6, 6.07) is 0.366. The molecule has 0 spiro atoms. The summed E-state index contributed by atoms with van der Waals surface area (Å²) in [6.45, 7) is 1.42. The van der Waals surface area contributed by atoms with Gasteiger partial charge in [0.15, 0.2) is 0 Å². The number of rotatable bonds is 2. The standard InChI is InChI=1S/C6H13NO2/c1-9-4-5-2-6(8)3-7-5/h5-8H,2-4H2,1H3. The third-order valence-electron chi connectivity index (χ3n) is 1.57. The van der Waals surface area contributed by atoms with Crippen LogP contribution in [-0.4, -0.2) is 37.5 Å². The Morgan fingerprint density at radius 1 is 1.78 bits per heavy atom. The average molecular weight is 131 g/mol. The number of methoxy groups -OCH3 is 1. The van der Waals surface area contributed by atoms with E-state index in [4.69, 9.17) is 9.84 Å². The molecule has 2 atom stereocenters. The average Bonchev–Trinajstić information content (AvgIpc) is 2.17.